The molecule has 0 atom stereocenters. The van der Waals surface area contributed by atoms with Gasteiger partial charge in [-0.1, -0.05) is 23.7 Å². The van der Waals surface area contributed by atoms with Gasteiger partial charge in [-0.15, -0.1) is 0 Å². The summed E-state index contributed by atoms with van der Waals surface area (Å²) in [4.78, 5) is 35.8. The van der Waals surface area contributed by atoms with Crippen LogP contribution in [-0.4, -0.2) is 31.4 Å². The molecule has 0 radical (unpaired) electrons. The number of ether oxygens (including phenoxy) is 2. The highest BCUT2D eigenvalue weighted by atomic mass is 35.5. The van der Waals surface area contributed by atoms with Gasteiger partial charge in [-0.25, -0.2) is 0 Å². The molecule has 0 saturated carbocycles. The number of Topliss-reactive ketones (excluding diaryl/α,β-unsaturated/α-hetero) is 1. The Balaban J connectivity index is 1.77. The summed E-state index contributed by atoms with van der Waals surface area (Å²) in [7, 11) is 1.46. The number of alkyl halides is 3. The van der Waals surface area contributed by atoms with E-state index in [-0.39, 0.29) is 30.0 Å². The second-order valence-electron chi connectivity index (χ2n) is 6.41. The van der Waals surface area contributed by atoms with E-state index < -0.39 is 36.0 Å². The first-order valence-electron chi connectivity index (χ1n) is 9.09. The number of ketones is 1. The number of carbonyl (C=O) groups is 3. The first kappa shape index (κ1) is 24.2. The molecular formula is C21H19ClF3NO5. The standard InChI is InChI=1S/C21H19ClF3NO5/c1-30-15-5-2-4-13(10-15)18(27)12-31-20(29)7-3-6-19(28)26-17-11-14(21(23,24)25)8-9-16(17)22/h2,4-5,8-11H,3,6-7,12H2,1H3,(H,26,28). The number of rotatable bonds is 9. The molecule has 0 heterocycles. The topological polar surface area (TPSA) is 81.7 Å². The summed E-state index contributed by atoms with van der Waals surface area (Å²) in [6, 6.07) is 8.95. The minimum Gasteiger partial charge on any atom is -0.497 e. The molecule has 0 spiro atoms. The number of hydrogen-bond acceptors (Lipinski definition) is 5. The van der Waals surface area contributed by atoms with Crippen LogP contribution in [0.25, 0.3) is 0 Å². The fraction of sp³-hybridized carbons (Fsp3) is 0.286. The summed E-state index contributed by atoms with van der Waals surface area (Å²) < 4.78 is 48.2. The van der Waals surface area contributed by atoms with Crippen LogP contribution in [0.2, 0.25) is 5.02 Å². The van der Waals surface area contributed by atoms with Crippen LogP contribution >= 0.6 is 11.6 Å². The van der Waals surface area contributed by atoms with Crippen LogP contribution in [0.15, 0.2) is 42.5 Å². The molecule has 31 heavy (non-hydrogen) atoms. The number of anilines is 1. The van der Waals surface area contributed by atoms with Crippen LogP contribution in [0.3, 0.4) is 0 Å². The lowest BCUT2D eigenvalue weighted by Gasteiger charge is -2.11. The molecule has 1 N–H and O–H groups in total. The largest absolute Gasteiger partial charge is 0.497 e. The quantitative estimate of drug-likeness (QED) is 0.428. The van der Waals surface area contributed by atoms with E-state index in [4.69, 9.17) is 21.1 Å². The van der Waals surface area contributed by atoms with Crippen LogP contribution in [0.4, 0.5) is 18.9 Å². The number of amides is 1. The molecule has 0 aliphatic carbocycles. The summed E-state index contributed by atoms with van der Waals surface area (Å²) in [6.07, 6.45) is -4.79. The van der Waals surface area contributed by atoms with Gasteiger partial charge >= 0.3 is 12.1 Å². The van der Waals surface area contributed by atoms with Crippen LogP contribution in [-0.2, 0) is 20.5 Å². The highest BCUT2D eigenvalue weighted by Gasteiger charge is 2.31. The molecule has 1 amide bonds. The van der Waals surface area contributed by atoms with Gasteiger partial charge in [0.1, 0.15) is 5.75 Å². The molecule has 2 aromatic carbocycles. The zero-order valence-corrected chi connectivity index (χ0v) is 17.2. The minimum absolute atomic E-state index is 0.0446. The van der Waals surface area contributed by atoms with Crippen molar-refractivity contribution >= 4 is 34.9 Å². The van der Waals surface area contributed by atoms with Crippen molar-refractivity contribution in [3.05, 3.63) is 58.6 Å². The van der Waals surface area contributed by atoms with Crippen molar-refractivity contribution < 1.29 is 37.0 Å². The summed E-state index contributed by atoms with van der Waals surface area (Å²) in [5, 5.41) is 2.25. The fourth-order valence-electron chi connectivity index (χ4n) is 2.50. The van der Waals surface area contributed by atoms with Crippen molar-refractivity contribution in [2.75, 3.05) is 19.0 Å². The van der Waals surface area contributed by atoms with E-state index in [1.54, 1.807) is 18.2 Å². The maximum atomic E-state index is 12.8. The van der Waals surface area contributed by atoms with Gasteiger partial charge in [-0.3, -0.25) is 14.4 Å². The third-order valence-electron chi connectivity index (χ3n) is 4.11. The lowest BCUT2D eigenvalue weighted by atomic mass is 10.1. The van der Waals surface area contributed by atoms with E-state index in [0.29, 0.717) is 11.3 Å². The number of nitrogens with one attached hydrogen (secondary N) is 1. The highest BCUT2D eigenvalue weighted by Crippen LogP contribution is 2.33. The summed E-state index contributed by atoms with van der Waals surface area (Å²) in [6.45, 7) is -0.460. The molecule has 0 saturated heterocycles. The van der Waals surface area contributed by atoms with Gasteiger partial charge in [-0.05, 0) is 36.8 Å². The molecule has 2 aromatic rings. The summed E-state index contributed by atoms with van der Waals surface area (Å²) in [5.74, 6) is -1.21. The SMILES string of the molecule is COc1cccc(C(=O)COC(=O)CCCC(=O)Nc2cc(C(F)(F)F)ccc2Cl)c1. The number of hydrogen-bond donors (Lipinski definition) is 1. The second kappa shape index (κ2) is 10.8. The molecule has 166 valence electrons. The monoisotopic (exact) mass is 457 g/mol. The lowest BCUT2D eigenvalue weighted by molar-refractivity contribution is -0.142. The van der Waals surface area contributed by atoms with Crippen molar-refractivity contribution in [3.63, 3.8) is 0 Å². The van der Waals surface area contributed by atoms with Gasteiger partial charge in [-0.2, -0.15) is 13.2 Å². The van der Waals surface area contributed by atoms with E-state index in [2.05, 4.69) is 5.32 Å². The molecule has 6 nitrogen and oxygen atoms in total. The molecule has 2 rings (SSSR count). The number of methoxy groups -OCH3 is 1. The van der Waals surface area contributed by atoms with Crippen molar-refractivity contribution in [1.82, 2.24) is 0 Å². The number of carbonyl (C=O) groups excluding carboxylic acids is 3. The Morgan fingerprint density at radius 1 is 1.06 bits per heavy atom. The van der Waals surface area contributed by atoms with Crippen LogP contribution < -0.4 is 10.1 Å². The minimum atomic E-state index is -4.57. The van der Waals surface area contributed by atoms with Crippen molar-refractivity contribution in [3.8, 4) is 5.75 Å². The predicted molar refractivity (Wildman–Crippen MR) is 107 cm³/mol. The Hall–Kier alpha value is -3.07. The van der Waals surface area contributed by atoms with Crippen LogP contribution in [0, 0.1) is 0 Å². The third-order valence-corrected chi connectivity index (χ3v) is 4.44. The molecule has 0 bridgehead atoms. The van der Waals surface area contributed by atoms with E-state index in [1.165, 1.54) is 13.2 Å². The molecule has 0 aliphatic heterocycles. The Bertz CT molecular complexity index is 962. The smallest absolute Gasteiger partial charge is 0.416 e. The molecule has 0 unspecified atom stereocenters. The van der Waals surface area contributed by atoms with Crippen LogP contribution in [0.5, 0.6) is 5.75 Å². The van der Waals surface area contributed by atoms with Crippen molar-refractivity contribution in [2.45, 2.75) is 25.4 Å². The first-order chi connectivity index (χ1) is 14.6. The van der Waals surface area contributed by atoms with Gasteiger partial charge in [0.2, 0.25) is 5.91 Å². The second-order valence-corrected chi connectivity index (χ2v) is 6.82. The van der Waals surface area contributed by atoms with Crippen molar-refractivity contribution in [1.29, 1.82) is 0 Å². The van der Waals surface area contributed by atoms with Gasteiger partial charge in [0.15, 0.2) is 12.4 Å². The van der Waals surface area contributed by atoms with E-state index in [0.717, 1.165) is 18.2 Å². The van der Waals surface area contributed by atoms with E-state index in [9.17, 15) is 27.6 Å². The van der Waals surface area contributed by atoms with Gasteiger partial charge < -0.3 is 14.8 Å². The van der Waals surface area contributed by atoms with Gasteiger partial charge in [0, 0.05) is 18.4 Å². The maximum absolute atomic E-state index is 12.8. The molecule has 0 aliphatic rings. The summed E-state index contributed by atoms with van der Waals surface area (Å²) in [5.41, 5.74) is -0.797. The summed E-state index contributed by atoms with van der Waals surface area (Å²) >= 11 is 5.82. The van der Waals surface area contributed by atoms with Gasteiger partial charge in [0.05, 0.1) is 23.4 Å². The number of benzene rings is 2. The highest BCUT2D eigenvalue weighted by molar-refractivity contribution is 6.33. The van der Waals surface area contributed by atoms with E-state index in [1.807, 2.05) is 0 Å². The predicted octanol–water partition coefficient (Wildman–Crippen LogP) is 4.90. The van der Waals surface area contributed by atoms with Gasteiger partial charge in [0.25, 0.3) is 0 Å². The Morgan fingerprint density at radius 3 is 2.48 bits per heavy atom. The van der Waals surface area contributed by atoms with Crippen LogP contribution in [0.1, 0.15) is 35.2 Å². The first-order valence-corrected chi connectivity index (χ1v) is 9.47. The molecular weight excluding hydrogens is 439 g/mol. The molecule has 0 fully saturated rings. The third kappa shape index (κ3) is 7.60. The Morgan fingerprint density at radius 2 is 1.81 bits per heavy atom. The Kier molecular flexibility index (Phi) is 8.44. The number of esters is 1. The zero-order valence-electron chi connectivity index (χ0n) is 16.4. The fourth-order valence-corrected chi connectivity index (χ4v) is 2.67. The Labute approximate surface area is 181 Å². The molecule has 0 aromatic heterocycles. The number of halogens is 4. The molecule has 10 heteroatoms. The maximum Gasteiger partial charge on any atom is 0.416 e. The lowest BCUT2D eigenvalue weighted by Crippen LogP contribution is -2.16. The normalized spacial score (nSPS) is 11.0. The zero-order chi connectivity index (χ0) is 23.0. The van der Waals surface area contributed by atoms with E-state index >= 15 is 0 Å². The average molecular weight is 458 g/mol. The average Bonchev–Trinajstić information content (AvgIpc) is 2.72. The van der Waals surface area contributed by atoms with Crippen molar-refractivity contribution in [2.24, 2.45) is 0 Å².